The minimum Gasteiger partial charge on any atom is -0.226 e. The van der Waals surface area contributed by atoms with Gasteiger partial charge in [-0.1, -0.05) is 30.3 Å². The molecule has 1 aliphatic carbocycles. The number of nitrogens with zero attached hydrogens (tertiary/aromatic N) is 2. The Morgan fingerprint density at radius 1 is 1.18 bits per heavy atom. The molecule has 0 fully saturated rings. The molecule has 0 amide bonds. The van der Waals surface area contributed by atoms with Crippen molar-refractivity contribution in [2.75, 3.05) is 0 Å². The lowest BCUT2D eigenvalue weighted by molar-refractivity contribution is 0.595. The van der Waals surface area contributed by atoms with E-state index in [-0.39, 0.29) is 0 Å². The van der Waals surface area contributed by atoms with Gasteiger partial charge in [-0.25, -0.2) is 9.97 Å². The maximum absolute atomic E-state index is 5.91. The monoisotopic (exact) mass is 244 g/mol. The first-order valence-electron chi connectivity index (χ1n) is 5.91. The smallest absolute Gasteiger partial charge is 0.222 e. The van der Waals surface area contributed by atoms with E-state index in [9.17, 15) is 0 Å². The van der Waals surface area contributed by atoms with Crippen LogP contribution in [0.1, 0.15) is 35.6 Å². The van der Waals surface area contributed by atoms with Gasteiger partial charge in [0.2, 0.25) is 5.28 Å². The zero-order valence-electron chi connectivity index (χ0n) is 9.44. The first kappa shape index (κ1) is 10.7. The van der Waals surface area contributed by atoms with Crippen molar-refractivity contribution < 1.29 is 0 Å². The van der Waals surface area contributed by atoms with Crippen LogP contribution >= 0.6 is 11.6 Å². The number of aromatic nitrogens is 2. The minimum absolute atomic E-state index is 0.353. The molecular formula is C14H13ClN2. The number of aryl methyl sites for hydroxylation is 1. The predicted octanol–water partition coefficient (Wildman–Crippen LogP) is 3.60. The quantitative estimate of drug-likeness (QED) is 0.717. The fourth-order valence-corrected chi connectivity index (χ4v) is 2.67. The van der Waals surface area contributed by atoms with E-state index < -0.39 is 0 Å². The Hall–Kier alpha value is -1.41. The van der Waals surface area contributed by atoms with Gasteiger partial charge in [-0.15, -0.1) is 0 Å². The van der Waals surface area contributed by atoms with Gasteiger partial charge < -0.3 is 0 Å². The van der Waals surface area contributed by atoms with Crippen molar-refractivity contribution in [1.29, 1.82) is 0 Å². The van der Waals surface area contributed by atoms with Gasteiger partial charge in [-0.2, -0.15) is 0 Å². The molecule has 17 heavy (non-hydrogen) atoms. The lowest BCUT2D eigenvalue weighted by Crippen LogP contribution is -2.13. The molecular weight excluding hydrogens is 232 g/mol. The van der Waals surface area contributed by atoms with Crippen LogP contribution < -0.4 is 0 Å². The third-order valence-electron chi connectivity index (χ3n) is 3.34. The highest BCUT2D eigenvalue weighted by Crippen LogP contribution is 2.35. The van der Waals surface area contributed by atoms with Crippen LogP contribution in [-0.4, -0.2) is 9.97 Å². The molecule has 1 unspecified atom stereocenters. The largest absolute Gasteiger partial charge is 0.226 e. The number of hydrogen-bond acceptors (Lipinski definition) is 2. The highest BCUT2D eigenvalue weighted by molar-refractivity contribution is 6.28. The lowest BCUT2D eigenvalue weighted by Gasteiger charge is -2.24. The van der Waals surface area contributed by atoms with Gasteiger partial charge in [0.1, 0.15) is 0 Å². The minimum atomic E-state index is 0.353. The molecule has 3 rings (SSSR count). The van der Waals surface area contributed by atoms with Crippen LogP contribution in [0, 0.1) is 0 Å². The molecule has 0 saturated heterocycles. The molecule has 0 aliphatic heterocycles. The summed E-state index contributed by atoms with van der Waals surface area (Å²) in [5.74, 6) is 0.375. The zero-order valence-corrected chi connectivity index (χ0v) is 10.2. The second kappa shape index (κ2) is 4.46. The molecule has 0 bridgehead atoms. The Kier molecular flexibility index (Phi) is 2.81. The number of fused-ring (bicyclic) bond motifs is 1. The van der Waals surface area contributed by atoms with Crippen LogP contribution in [0.5, 0.6) is 0 Å². The first-order chi connectivity index (χ1) is 8.34. The van der Waals surface area contributed by atoms with Crippen molar-refractivity contribution in [2.24, 2.45) is 0 Å². The molecule has 0 radical (unpaired) electrons. The van der Waals surface area contributed by atoms with Crippen molar-refractivity contribution in [3.63, 3.8) is 0 Å². The molecule has 3 heteroatoms. The van der Waals surface area contributed by atoms with Crippen LogP contribution in [0.15, 0.2) is 36.5 Å². The molecule has 0 spiro atoms. The molecule has 2 nitrogen and oxygen atoms in total. The van der Waals surface area contributed by atoms with Gasteiger partial charge in [0, 0.05) is 12.1 Å². The summed E-state index contributed by atoms with van der Waals surface area (Å²) in [4.78, 5) is 8.50. The standard InChI is InChI=1S/C14H13ClN2/c15-14-16-9-11-7-4-8-12(13(11)17-14)10-5-2-1-3-6-10/h1-3,5-6,9,12H,4,7-8H2. The third kappa shape index (κ3) is 2.05. The SMILES string of the molecule is Clc1ncc2c(n1)C(c1ccccc1)CCC2. The van der Waals surface area contributed by atoms with E-state index in [1.165, 1.54) is 17.5 Å². The fourth-order valence-electron chi connectivity index (χ4n) is 2.53. The van der Waals surface area contributed by atoms with Crippen molar-refractivity contribution in [3.8, 4) is 0 Å². The molecule has 1 aromatic carbocycles. The normalized spacial score (nSPS) is 18.8. The van der Waals surface area contributed by atoms with Gasteiger partial charge >= 0.3 is 0 Å². The van der Waals surface area contributed by atoms with E-state index >= 15 is 0 Å². The van der Waals surface area contributed by atoms with Gasteiger partial charge in [0.25, 0.3) is 0 Å². The van der Waals surface area contributed by atoms with E-state index in [1.807, 2.05) is 12.3 Å². The van der Waals surface area contributed by atoms with E-state index in [0.29, 0.717) is 11.2 Å². The zero-order chi connectivity index (χ0) is 11.7. The number of halogens is 1. The van der Waals surface area contributed by atoms with Gasteiger partial charge in [0.15, 0.2) is 0 Å². The average molecular weight is 245 g/mol. The van der Waals surface area contributed by atoms with Crippen molar-refractivity contribution in [1.82, 2.24) is 9.97 Å². The fraction of sp³-hybridized carbons (Fsp3) is 0.286. The molecule has 1 heterocycles. The van der Waals surface area contributed by atoms with Crippen molar-refractivity contribution >= 4 is 11.6 Å². The second-order valence-electron chi connectivity index (χ2n) is 4.41. The summed E-state index contributed by atoms with van der Waals surface area (Å²) in [7, 11) is 0. The molecule has 1 aromatic heterocycles. The van der Waals surface area contributed by atoms with Crippen LogP contribution in [0.25, 0.3) is 0 Å². The maximum Gasteiger partial charge on any atom is 0.222 e. The topological polar surface area (TPSA) is 25.8 Å². The predicted molar refractivity (Wildman–Crippen MR) is 68.3 cm³/mol. The summed E-state index contributed by atoms with van der Waals surface area (Å²) in [5.41, 5.74) is 3.68. The van der Waals surface area contributed by atoms with Gasteiger partial charge in [-0.05, 0) is 42.0 Å². The summed E-state index contributed by atoms with van der Waals surface area (Å²) in [6.07, 6.45) is 5.28. The summed E-state index contributed by atoms with van der Waals surface area (Å²) in [6.45, 7) is 0. The van der Waals surface area contributed by atoms with Crippen LogP contribution in [0.2, 0.25) is 5.28 Å². The third-order valence-corrected chi connectivity index (χ3v) is 3.52. The van der Waals surface area contributed by atoms with E-state index in [1.54, 1.807) is 0 Å². The van der Waals surface area contributed by atoms with E-state index in [2.05, 4.69) is 34.2 Å². The highest BCUT2D eigenvalue weighted by atomic mass is 35.5. The molecule has 0 N–H and O–H groups in total. The second-order valence-corrected chi connectivity index (χ2v) is 4.74. The molecule has 2 aromatic rings. The lowest BCUT2D eigenvalue weighted by atomic mass is 9.83. The van der Waals surface area contributed by atoms with Gasteiger partial charge in [0.05, 0.1) is 5.69 Å². The van der Waals surface area contributed by atoms with E-state index in [0.717, 1.165) is 18.5 Å². The van der Waals surface area contributed by atoms with Crippen molar-refractivity contribution in [2.45, 2.75) is 25.2 Å². The Balaban J connectivity index is 2.08. The number of rotatable bonds is 1. The van der Waals surface area contributed by atoms with Crippen molar-refractivity contribution in [3.05, 3.63) is 58.6 Å². The Morgan fingerprint density at radius 3 is 2.82 bits per heavy atom. The molecule has 1 atom stereocenters. The molecule has 86 valence electrons. The maximum atomic E-state index is 5.91. The Bertz CT molecular complexity index is 525. The summed E-state index contributed by atoms with van der Waals surface area (Å²) >= 11 is 5.91. The number of benzene rings is 1. The summed E-state index contributed by atoms with van der Waals surface area (Å²) in [5, 5.41) is 0.353. The Morgan fingerprint density at radius 2 is 2.00 bits per heavy atom. The summed E-state index contributed by atoms with van der Waals surface area (Å²) in [6, 6.07) is 10.5. The Labute approximate surface area is 106 Å². The summed E-state index contributed by atoms with van der Waals surface area (Å²) < 4.78 is 0. The van der Waals surface area contributed by atoms with Gasteiger partial charge in [-0.3, -0.25) is 0 Å². The van der Waals surface area contributed by atoms with Crippen LogP contribution in [0.4, 0.5) is 0 Å². The molecule has 0 saturated carbocycles. The first-order valence-corrected chi connectivity index (χ1v) is 6.28. The average Bonchev–Trinajstić information content (AvgIpc) is 2.39. The number of hydrogen-bond donors (Lipinski definition) is 0. The van der Waals surface area contributed by atoms with Crippen LogP contribution in [-0.2, 0) is 6.42 Å². The van der Waals surface area contributed by atoms with Crippen LogP contribution in [0.3, 0.4) is 0 Å². The highest BCUT2D eigenvalue weighted by Gasteiger charge is 2.23. The molecule has 1 aliphatic rings. The van der Waals surface area contributed by atoms with E-state index in [4.69, 9.17) is 11.6 Å².